The van der Waals surface area contributed by atoms with Gasteiger partial charge in [0.25, 0.3) is 0 Å². The molecule has 0 aliphatic carbocycles. The molecule has 120 valence electrons. The average Bonchev–Trinajstić information content (AvgIpc) is 2.55. The third-order valence-corrected chi connectivity index (χ3v) is 3.25. The Bertz CT molecular complexity index is 717. The minimum atomic E-state index is -0.972. The molecule has 3 N–H and O–H groups in total. The lowest BCUT2D eigenvalue weighted by Gasteiger charge is -2.14. The van der Waals surface area contributed by atoms with E-state index in [-0.39, 0.29) is 5.56 Å². The number of hydrogen-bond donors (Lipinski definition) is 3. The van der Waals surface area contributed by atoms with Gasteiger partial charge >= 0.3 is 5.97 Å². The summed E-state index contributed by atoms with van der Waals surface area (Å²) in [7, 11) is 3.13. The number of nitrogens with one attached hydrogen (secondary N) is 2. The number of aromatic carboxylic acids is 1. The first-order chi connectivity index (χ1) is 11.0. The fourth-order valence-corrected chi connectivity index (χ4v) is 2.11. The summed E-state index contributed by atoms with van der Waals surface area (Å²) < 4.78 is 10.4. The van der Waals surface area contributed by atoms with Gasteiger partial charge in [-0.2, -0.15) is 0 Å². The number of anilines is 2. The number of carboxylic acids is 1. The van der Waals surface area contributed by atoms with Crippen LogP contribution in [0.4, 0.5) is 11.4 Å². The standard InChI is InChI=1S/C16H16N2O4S/c1-21-12-7-8-13(14(9-12)22-2)18-16(23)17-11-5-3-10(4-6-11)15(19)20/h3-9H,1-2H3,(H,19,20)(H2,17,18,23). The first kappa shape index (κ1) is 16.6. The highest BCUT2D eigenvalue weighted by Crippen LogP contribution is 2.29. The molecule has 0 aliphatic heterocycles. The third-order valence-electron chi connectivity index (χ3n) is 3.05. The van der Waals surface area contributed by atoms with Crippen molar-refractivity contribution in [3.63, 3.8) is 0 Å². The highest BCUT2D eigenvalue weighted by molar-refractivity contribution is 7.80. The van der Waals surface area contributed by atoms with Crippen LogP contribution in [0.5, 0.6) is 11.5 Å². The first-order valence-corrected chi connectivity index (χ1v) is 7.07. The lowest BCUT2D eigenvalue weighted by atomic mass is 10.2. The molecule has 0 fully saturated rings. The van der Waals surface area contributed by atoms with Crippen molar-refractivity contribution in [2.45, 2.75) is 0 Å². The Morgan fingerprint density at radius 1 is 1.04 bits per heavy atom. The van der Waals surface area contributed by atoms with Gasteiger partial charge in [-0.25, -0.2) is 4.79 Å². The molecule has 2 aromatic carbocycles. The molecule has 0 aliphatic rings. The summed E-state index contributed by atoms with van der Waals surface area (Å²) in [6.45, 7) is 0. The molecule has 6 nitrogen and oxygen atoms in total. The van der Waals surface area contributed by atoms with Crippen LogP contribution in [0.1, 0.15) is 10.4 Å². The quantitative estimate of drug-likeness (QED) is 0.726. The fourth-order valence-electron chi connectivity index (χ4n) is 1.88. The van der Waals surface area contributed by atoms with E-state index in [1.54, 1.807) is 44.6 Å². The monoisotopic (exact) mass is 332 g/mol. The Kier molecular flexibility index (Phi) is 5.37. The van der Waals surface area contributed by atoms with Crippen molar-refractivity contribution < 1.29 is 19.4 Å². The second-order valence-corrected chi connectivity index (χ2v) is 4.94. The molecule has 7 heteroatoms. The highest BCUT2D eigenvalue weighted by atomic mass is 32.1. The summed E-state index contributed by atoms with van der Waals surface area (Å²) in [5, 5.41) is 15.2. The van der Waals surface area contributed by atoms with Crippen molar-refractivity contribution in [1.29, 1.82) is 0 Å². The summed E-state index contributed by atoms with van der Waals surface area (Å²) in [4.78, 5) is 10.8. The van der Waals surface area contributed by atoms with Crippen LogP contribution in [-0.2, 0) is 0 Å². The zero-order chi connectivity index (χ0) is 16.8. The topological polar surface area (TPSA) is 79.8 Å². The number of carbonyl (C=O) groups is 1. The first-order valence-electron chi connectivity index (χ1n) is 6.67. The van der Waals surface area contributed by atoms with Crippen LogP contribution in [-0.4, -0.2) is 30.4 Å². The fraction of sp³-hybridized carbons (Fsp3) is 0.125. The largest absolute Gasteiger partial charge is 0.497 e. The molecule has 0 atom stereocenters. The number of methoxy groups -OCH3 is 2. The van der Waals surface area contributed by atoms with E-state index in [1.807, 2.05) is 0 Å². The van der Waals surface area contributed by atoms with Gasteiger partial charge in [0, 0.05) is 11.8 Å². The van der Waals surface area contributed by atoms with Gasteiger partial charge in [0.2, 0.25) is 0 Å². The minimum Gasteiger partial charge on any atom is -0.497 e. The SMILES string of the molecule is COc1ccc(NC(=S)Nc2ccc(C(=O)O)cc2)c(OC)c1. The van der Waals surface area contributed by atoms with Crippen LogP contribution in [0.15, 0.2) is 42.5 Å². The number of hydrogen-bond acceptors (Lipinski definition) is 4. The van der Waals surface area contributed by atoms with Gasteiger partial charge in [-0.15, -0.1) is 0 Å². The molecule has 2 rings (SSSR count). The number of carboxylic acid groups (broad SMARTS) is 1. The zero-order valence-corrected chi connectivity index (χ0v) is 13.4. The summed E-state index contributed by atoms with van der Waals surface area (Å²) >= 11 is 5.25. The molecular weight excluding hydrogens is 316 g/mol. The van der Waals surface area contributed by atoms with Crippen molar-refractivity contribution in [3.8, 4) is 11.5 Å². The van der Waals surface area contributed by atoms with Gasteiger partial charge in [0.05, 0.1) is 25.5 Å². The van der Waals surface area contributed by atoms with Crippen LogP contribution >= 0.6 is 12.2 Å². The van der Waals surface area contributed by atoms with E-state index in [9.17, 15) is 4.79 Å². The lowest BCUT2D eigenvalue weighted by Crippen LogP contribution is -2.19. The maximum absolute atomic E-state index is 10.8. The normalized spacial score (nSPS) is 9.83. The molecule has 0 aromatic heterocycles. The van der Waals surface area contributed by atoms with Gasteiger partial charge in [-0.05, 0) is 48.6 Å². The molecule has 0 bridgehead atoms. The molecule has 0 unspecified atom stereocenters. The molecule has 0 spiro atoms. The smallest absolute Gasteiger partial charge is 0.335 e. The number of thiocarbonyl (C=S) groups is 1. The number of benzene rings is 2. The van der Waals surface area contributed by atoms with Crippen LogP contribution in [0.2, 0.25) is 0 Å². The van der Waals surface area contributed by atoms with Gasteiger partial charge in [-0.1, -0.05) is 0 Å². The molecule has 23 heavy (non-hydrogen) atoms. The summed E-state index contributed by atoms with van der Waals surface area (Å²) in [6.07, 6.45) is 0. The third kappa shape index (κ3) is 4.33. The van der Waals surface area contributed by atoms with E-state index in [0.717, 1.165) is 0 Å². The van der Waals surface area contributed by atoms with Crippen molar-refractivity contribution in [2.24, 2.45) is 0 Å². The van der Waals surface area contributed by atoms with Crippen LogP contribution in [0, 0.1) is 0 Å². The van der Waals surface area contributed by atoms with E-state index in [0.29, 0.717) is 28.0 Å². The van der Waals surface area contributed by atoms with Crippen LogP contribution in [0.3, 0.4) is 0 Å². The Hall–Kier alpha value is -2.80. The van der Waals surface area contributed by atoms with Crippen molar-refractivity contribution in [1.82, 2.24) is 0 Å². The molecular formula is C16H16N2O4S. The van der Waals surface area contributed by atoms with Crippen LogP contribution in [0.25, 0.3) is 0 Å². The maximum atomic E-state index is 10.8. The van der Waals surface area contributed by atoms with E-state index in [4.69, 9.17) is 26.8 Å². The van der Waals surface area contributed by atoms with E-state index >= 15 is 0 Å². The summed E-state index contributed by atoms with van der Waals surface area (Å²) in [6, 6.07) is 11.6. The van der Waals surface area contributed by atoms with Crippen molar-refractivity contribution >= 4 is 34.7 Å². The van der Waals surface area contributed by atoms with Crippen LogP contribution < -0.4 is 20.1 Å². The predicted octanol–water partition coefficient (Wildman–Crippen LogP) is 3.21. The van der Waals surface area contributed by atoms with E-state index in [2.05, 4.69) is 10.6 Å². The van der Waals surface area contributed by atoms with Gasteiger partial charge < -0.3 is 25.2 Å². The van der Waals surface area contributed by atoms with Gasteiger partial charge in [0.1, 0.15) is 11.5 Å². The Morgan fingerprint density at radius 3 is 2.30 bits per heavy atom. The lowest BCUT2D eigenvalue weighted by molar-refractivity contribution is 0.0697. The van der Waals surface area contributed by atoms with E-state index < -0.39 is 5.97 Å². The Morgan fingerprint density at radius 2 is 1.74 bits per heavy atom. The number of ether oxygens (including phenoxy) is 2. The second-order valence-electron chi connectivity index (χ2n) is 4.53. The van der Waals surface area contributed by atoms with E-state index in [1.165, 1.54) is 12.1 Å². The second kappa shape index (κ2) is 7.46. The highest BCUT2D eigenvalue weighted by Gasteiger charge is 2.07. The zero-order valence-electron chi connectivity index (χ0n) is 12.6. The molecule has 0 heterocycles. The predicted molar refractivity (Wildman–Crippen MR) is 92.8 cm³/mol. The molecule has 0 radical (unpaired) electrons. The Labute approximate surface area is 139 Å². The number of rotatable bonds is 5. The Balaban J connectivity index is 2.06. The summed E-state index contributed by atoms with van der Waals surface area (Å²) in [5.41, 5.74) is 1.58. The molecule has 0 saturated heterocycles. The van der Waals surface area contributed by atoms with Crippen molar-refractivity contribution in [2.75, 3.05) is 24.9 Å². The minimum absolute atomic E-state index is 0.214. The summed E-state index contributed by atoms with van der Waals surface area (Å²) in [5.74, 6) is 0.297. The molecule has 0 amide bonds. The molecule has 2 aromatic rings. The average molecular weight is 332 g/mol. The molecule has 0 saturated carbocycles. The maximum Gasteiger partial charge on any atom is 0.335 e. The van der Waals surface area contributed by atoms with Crippen molar-refractivity contribution in [3.05, 3.63) is 48.0 Å². The van der Waals surface area contributed by atoms with Gasteiger partial charge in [-0.3, -0.25) is 0 Å². The van der Waals surface area contributed by atoms with Gasteiger partial charge in [0.15, 0.2) is 5.11 Å².